The van der Waals surface area contributed by atoms with Gasteiger partial charge in [0.1, 0.15) is 5.82 Å². The molecule has 0 radical (unpaired) electrons. The minimum atomic E-state index is -1.79. The van der Waals surface area contributed by atoms with Gasteiger partial charge in [0.05, 0.1) is 17.7 Å². The monoisotopic (exact) mass is 424 g/mol. The highest BCUT2D eigenvalue weighted by Crippen LogP contribution is 2.36. The second kappa shape index (κ2) is 7.43. The summed E-state index contributed by atoms with van der Waals surface area (Å²) in [6.45, 7) is 12.2. The van der Waals surface area contributed by atoms with Crippen LogP contribution in [-0.4, -0.2) is 37.5 Å². The number of carboxylic acid groups (broad SMARTS) is 1. The number of hydrogen-bond acceptors (Lipinski definition) is 4. The Bertz CT molecular complexity index is 788. The number of aromatic carboxylic acids is 1. The minimum Gasteiger partial charge on any atom is -0.478 e. The van der Waals surface area contributed by atoms with E-state index < -0.39 is 14.3 Å². The summed E-state index contributed by atoms with van der Waals surface area (Å²) in [5.74, 6) is -0.429. The van der Waals surface area contributed by atoms with Crippen LogP contribution in [0, 0.1) is 0 Å². The maximum Gasteiger partial charge on any atom is 0.336 e. The lowest BCUT2D eigenvalue weighted by atomic mass is 10.1. The molecule has 0 saturated heterocycles. The lowest BCUT2D eigenvalue weighted by Gasteiger charge is -2.36. The van der Waals surface area contributed by atoms with Crippen LogP contribution in [0.1, 0.15) is 31.1 Å². The van der Waals surface area contributed by atoms with Crippen molar-refractivity contribution in [1.82, 2.24) is 4.98 Å². The lowest BCUT2D eigenvalue weighted by Crippen LogP contribution is -2.41. The number of aromatic nitrogens is 1. The van der Waals surface area contributed by atoms with E-state index in [0.29, 0.717) is 29.9 Å². The van der Waals surface area contributed by atoms with Crippen LogP contribution in [0.3, 0.4) is 0 Å². The van der Waals surface area contributed by atoms with E-state index in [2.05, 4.69) is 60.1 Å². The summed E-state index contributed by atoms with van der Waals surface area (Å²) >= 11 is 3.44. The predicted molar refractivity (Wildman–Crippen MR) is 108 cm³/mol. The van der Waals surface area contributed by atoms with Gasteiger partial charge in [0.25, 0.3) is 0 Å². The van der Waals surface area contributed by atoms with Gasteiger partial charge < -0.3 is 14.8 Å². The van der Waals surface area contributed by atoms with E-state index in [0.717, 1.165) is 4.47 Å². The molecular formula is C18H25BrN2O3Si. The van der Waals surface area contributed by atoms with E-state index in [9.17, 15) is 9.90 Å². The van der Waals surface area contributed by atoms with Crippen molar-refractivity contribution in [3.8, 4) is 0 Å². The quantitative estimate of drug-likeness (QED) is 0.496. The van der Waals surface area contributed by atoms with Crippen molar-refractivity contribution >= 4 is 46.9 Å². The first kappa shape index (κ1) is 19.9. The summed E-state index contributed by atoms with van der Waals surface area (Å²) in [5.41, 5.74) is 0.870. The molecule has 0 bridgehead atoms. The van der Waals surface area contributed by atoms with Crippen LogP contribution >= 0.6 is 15.9 Å². The number of anilines is 1. The van der Waals surface area contributed by atoms with Gasteiger partial charge in [0, 0.05) is 16.4 Å². The topological polar surface area (TPSA) is 71.5 Å². The summed E-state index contributed by atoms with van der Waals surface area (Å²) in [4.78, 5) is 16.1. The Hall–Kier alpha value is -1.44. The molecule has 2 N–H and O–H groups in total. The molecule has 7 heteroatoms. The average molecular weight is 425 g/mol. The molecule has 1 heterocycles. The number of nitrogens with zero attached hydrogens (tertiary/aromatic N) is 1. The largest absolute Gasteiger partial charge is 0.478 e. The van der Waals surface area contributed by atoms with Gasteiger partial charge in [-0.3, -0.25) is 0 Å². The van der Waals surface area contributed by atoms with E-state index >= 15 is 0 Å². The number of nitrogens with one attached hydrogen (secondary N) is 1. The molecule has 2 aromatic rings. The average Bonchev–Trinajstić information content (AvgIpc) is 2.50. The third-order valence-electron chi connectivity index (χ3n) is 4.70. The SMILES string of the molecule is CC(C)(C)[Si](C)(C)OCCNc1cc(C(=O)O)c2cccc(Br)c2n1. The fraction of sp³-hybridized carbons (Fsp3) is 0.444. The molecule has 0 fully saturated rings. The van der Waals surface area contributed by atoms with Gasteiger partial charge in [-0.25, -0.2) is 9.78 Å². The summed E-state index contributed by atoms with van der Waals surface area (Å²) in [5, 5.41) is 13.4. The Morgan fingerprint density at radius 3 is 2.64 bits per heavy atom. The summed E-state index contributed by atoms with van der Waals surface area (Å²) in [6, 6.07) is 7.00. The molecule has 1 aromatic carbocycles. The fourth-order valence-electron chi connectivity index (χ4n) is 2.18. The zero-order chi connectivity index (χ0) is 18.8. The molecule has 5 nitrogen and oxygen atoms in total. The highest BCUT2D eigenvalue weighted by atomic mass is 79.9. The molecule has 0 unspecified atom stereocenters. The molecule has 136 valence electrons. The molecule has 0 aliphatic heterocycles. The number of para-hydroxylation sites is 1. The Labute approximate surface area is 158 Å². The molecule has 0 atom stereocenters. The number of pyridine rings is 1. The molecular weight excluding hydrogens is 400 g/mol. The zero-order valence-corrected chi connectivity index (χ0v) is 17.9. The van der Waals surface area contributed by atoms with Crippen molar-refractivity contribution in [3.63, 3.8) is 0 Å². The number of carboxylic acids is 1. The molecule has 2 rings (SSSR count). The van der Waals surface area contributed by atoms with Crippen LogP contribution in [0.25, 0.3) is 10.9 Å². The van der Waals surface area contributed by atoms with Crippen LogP contribution in [0.4, 0.5) is 5.82 Å². The molecule has 1 aromatic heterocycles. The Morgan fingerprint density at radius 1 is 1.36 bits per heavy atom. The Kier molecular flexibility index (Phi) is 5.91. The zero-order valence-electron chi connectivity index (χ0n) is 15.3. The highest BCUT2D eigenvalue weighted by Gasteiger charge is 2.36. The minimum absolute atomic E-state index is 0.162. The van der Waals surface area contributed by atoms with Crippen molar-refractivity contribution < 1.29 is 14.3 Å². The van der Waals surface area contributed by atoms with Crippen LogP contribution in [0.5, 0.6) is 0 Å². The van der Waals surface area contributed by atoms with Crippen LogP contribution in [0.2, 0.25) is 18.1 Å². The normalized spacial score (nSPS) is 12.4. The lowest BCUT2D eigenvalue weighted by molar-refractivity contribution is 0.0699. The second-order valence-corrected chi connectivity index (χ2v) is 13.2. The van der Waals surface area contributed by atoms with Crippen LogP contribution in [-0.2, 0) is 4.43 Å². The Balaban J connectivity index is 2.14. The van der Waals surface area contributed by atoms with Crippen LogP contribution in [0.15, 0.2) is 28.7 Å². The first-order valence-corrected chi connectivity index (χ1v) is 11.9. The molecule has 25 heavy (non-hydrogen) atoms. The predicted octanol–water partition coefficient (Wildman–Crippen LogP) is 5.13. The smallest absolute Gasteiger partial charge is 0.336 e. The standard InChI is InChI=1S/C18H25BrN2O3Si/c1-18(2,3)25(4,5)24-10-9-20-15-11-13(17(22)23)12-7-6-8-14(19)16(12)21-15/h6-8,11H,9-10H2,1-5H3,(H,20,21)(H,22,23). The van der Waals surface area contributed by atoms with Gasteiger partial charge >= 0.3 is 5.97 Å². The highest BCUT2D eigenvalue weighted by molar-refractivity contribution is 9.10. The summed E-state index contributed by atoms with van der Waals surface area (Å²) < 4.78 is 6.90. The summed E-state index contributed by atoms with van der Waals surface area (Å²) in [6.07, 6.45) is 0. The van der Waals surface area contributed by atoms with Crippen molar-refractivity contribution in [2.75, 3.05) is 18.5 Å². The van der Waals surface area contributed by atoms with E-state index in [1.165, 1.54) is 0 Å². The van der Waals surface area contributed by atoms with Gasteiger partial charge in [0.2, 0.25) is 0 Å². The maximum absolute atomic E-state index is 11.6. The van der Waals surface area contributed by atoms with Crippen molar-refractivity contribution in [1.29, 1.82) is 0 Å². The third-order valence-corrected chi connectivity index (χ3v) is 9.88. The third kappa shape index (κ3) is 4.59. The Morgan fingerprint density at radius 2 is 2.04 bits per heavy atom. The first-order valence-electron chi connectivity index (χ1n) is 8.23. The number of fused-ring (bicyclic) bond motifs is 1. The summed E-state index contributed by atoms with van der Waals surface area (Å²) in [7, 11) is -1.79. The van der Waals surface area contributed by atoms with E-state index in [1.54, 1.807) is 18.2 Å². The molecule has 0 amide bonds. The molecule has 0 spiro atoms. The van der Waals surface area contributed by atoms with Gasteiger partial charge in [-0.2, -0.15) is 0 Å². The molecule has 0 aliphatic rings. The fourth-order valence-corrected chi connectivity index (χ4v) is 3.68. The van der Waals surface area contributed by atoms with Crippen LogP contribution < -0.4 is 5.32 Å². The van der Waals surface area contributed by atoms with Gasteiger partial charge in [-0.15, -0.1) is 0 Å². The van der Waals surface area contributed by atoms with E-state index in [1.807, 2.05) is 6.07 Å². The van der Waals surface area contributed by atoms with Crippen molar-refractivity contribution in [2.45, 2.75) is 38.9 Å². The maximum atomic E-state index is 11.6. The number of halogens is 1. The number of rotatable bonds is 6. The number of carbonyl (C=O) groups is 1. The molecule has 0 aliphatic carbocycles. The van der Waals surface area contributed by atoms with E-state index in [-0.39, 0.29) is 10.6 Å². The first-order chi connectivity index (χ1) is 11.5. The van der Waals surface area contributed by atoms with Crippen molar-refractivity contribution in [2.24, 2.45) is 0 Å². The van der Waals surface area contributed by atoms with Gasteiger partial charge in [-0.05, 0) is 46.2 Å². The van der Waals surface area contributed by atoms with Crippen molar-refractivity contribution in [3.05, 3.63) is 34.3 Å². The molecule has 0 saturated carbocycles. The number of hydrogen-bond donors (Lipinski definition) is 2. The van der Waals surface area contributed by atoms with Gasteiger partial charge in [-0.1, -0.05) is 32.9 Å². The second-order valence-electron chi connectivity index (χ2n) is 7.53. The van der Waals surface area contributed by atoms with E-state index in [4.69, 9.17) is 4.43 Å². The van der Waals surface area contributed by atoms with Gasteiger partial charge in [0.15, 0.2) is 8.32 Å². The number of benzene rings is 1.